The first-order chi connectivity index (χ1) is 9.96. The van der Waals surface area contributed by atoms with Crippen LogP contribution in [0.3, 0.4) is 0 Å². The summed E-state index contributed by atoms with van der Waals surface area (Å²) < 4.78 is 0. The summed E-state index contributed by atoms with van der Waals surface area (Å²) in [6.45, 7) is 12.6. The summed E-state index contributed by atoms with van der Waals surface area (Å²) in [4.78, 5) is 23.3. The Balaban J connectivity index is 2.52. The predicted molar refractivity (Wildman–Crippen MR) is 87.4 cm³/mol. The fourth-order valence-corrected chi connectivity index (χ4v) is 3.98. The van der Waals surface area contributed by atoms with Crippen LogP contribution in [0.15, 0.2) is 30.3 Å². The molecule has 0 aliphatic carbocycles. The van der Waals surface area contributed by atoms with Crippen LogP contribution in [0.1, 0.15) is 53.5 Å². The summed E-state index contributed by atoms with van der Waals surface area (Å²) in [5.74, 6) is 0. The molecule has 0 bridgehead atoms. The van der Waals surface area contributed by atoms with Gasteiger partial charge in [-0.2, -0.15) is 0 Å². The van der Waals surface area contributed by atoms with Crippen LogP contribution in [0.4, 0.5) is 0 Å². The topological polar surface area (TPSA) is 35.5 Å². The lowest BCUT2D eigenvalue weighted by Crippen LogP contribution is -2.72. The van der Waals surface area contributed by atoms with E-state index in [9.17, 15) is 4.79 Å². The van der Waals surface area contributed by atoms with Gasteiger partial charge in [0.25, 0.3) is 5.24 Å². The standard InChI is InChI=1S/C18H25ClO3/c1-15(2,3)12-16(4,5)17(6)18(14(19)20,22-21-17)13-10-8-7-9-11-13/h7-11H,12H2,1-6H3. The van der Waals surface area contributed by atoms with Crippen LogP contribution in [0, 0.1) is 10.8 Å². The molecule has 2 rings (SSSR count). The molecule has 0 radical (unpaired) electrons. The Bertz CT molecular complexity index is 561. The number of hydrogen-bond acceptors (Lipinski definition) is 3. The van der Waals surface area contributed by atoms with E-state index in [-0.39, 0.29) is 10.8 Å². The van der Waals surface area contributed by atoms with Gasteiger partial charge in [-0.15, -0.1) is 0 Å². The molecule has 0 amide bonds. The minimum Gasteiger partial charge on any atom is -0.277 e. The molecule has 3 nitrogen and oxygen atoms in total. The van der Waals surface area contributed by atoms with Crippen molar-refractivity contribution in [2.75, 3.05) is 0 Å². The quantitative estimate of drug-likeness (QED) is 0.588. The Morgan fingerprint density at radius 3 is 2.00 bits per heavy atom. The molecule has 22 heavy (non-hydrogen) atoms. The Morgan fingerprint density at radius 2 is 1.64 bits per heavy atom. The van der Waals surface area contributed by atoms with E-state index in [0.29, 0.717) is 0 Å². The van der Waals surface area contributed by atoms with Gasteiger partial charge in [-0.3, -0.25) is 4.79 Å². The summed E-state index contributed by atoms with van der Waals surface area (Å²) >= 11 is 5.99. The van der Waals surface area contributed by atoms with Crippen molar-refractivity contribution in [2.45, 2.75) is 59.2 Å². The average Bonchev–Trinajstić information content (AvgIpc) is 2.35. The summed E-state index contributed by atoms with van der Waals surface area (Å²) in [6, 6.07) is 9.35. The van der Waals surface area contributed by atoms with Crippen molar-refractivity contribution < 1.29 is 14.6 Å². The first-order valence-electron chi connectivity index (χ1n) is 7.59. The molecular weight excluding hydrogens is 300 g/mol. The molecule has 1 fully saturated rings. The monoisotopic (exact) mass is 324 g/mol. The third-order valence-corrected chi connectivity index (χ3v) is 4.99. The molecule has 1 heterocycles. The maximum absolute atomic E-state index is 12.3. The predicted octanol–water partition coefficient (Wildman–Crippen LogP) is 4.83. The van der Waals surface area contributed by atoms with E-state index in [1.165, 1.54) is 0 Å². The lowest BCUT2D eigenvalue weighted by molar-refractivity contribution is -0.560. The van der Waals surface area contributed by atoms with Crippen molar-refractivity contribution in [3.63, 3.8) is 0 Å². The van der Waals surface area contributed by atoms with Gasteiger partial charge in [-0.1, -0.05) is 65.0 Å². The second-order valence-electron chi connectivity index (χ2n) is 8.14. The van der Waals surface area contributed by atoms with Gasteiger partial charge in [0.15, 0.2) is 5.60 Å². The van der Waals surface area contributed by atoms with Crippen LogP contribution in [0.5, 0.6) is 0 Å². The van der Waals surface area contributed by atoms with Gasteiger partial charge >= 0.3 is 0 Å². The molecule has 4 heteroatoms. The summed E-state index contributed by atoms with van der Waals surface area (Å²) in [5, 5.41) is -0.547. The smallest absolute Gasteiger partial charge is 0.264 e. The zero-order valence-electron chi connectivity index (χ0n) is 14.2. The van der Waals surface area contributed by atoms with Gasteiger partial charge in [0, 0.05) is 5.41 Å². The normalized spacial score (nSPS) is 29.0. The third kappa shape index (κ3) is 2.49. The number of rotatable bonds is 4. The first kappa shape index (κ1) is 17.5. The van der Waals surface area contributed by atoms with Crippen LogP contribution in [0.25, 0.3) is 0 Å². The molecule has 0 aromatic heterocycles. The molecule has 2 atom stereocenters. The van der Waals surface area contributed by atoms with Gasteiger partial charge in [-0.25, -0.2) is 9.78 Å². The summed E-state index contributed by atoms with van der Waals surface area (Å²) in [7, 11) is 0. The van der Waals surface area contributed by atoms with Crippen LogP contribution in [-0.2, 0) is 20.2 Å². The van der Waals surface area contributed by atoms with E-state index in [4.69, 9.17) is 21.4 Å². The third-order valence-electron chi connectivity index (χ3n) is 4.73. The SMILES string of the molecule is CC(C)(C)CC(C)(C)C1(C)OOC1(C(=O)Cl)c1ccccc1. The number of benzene rings is 1. The van der Waals surface area contributed by atoms with E-state index in [2.05, 4.69) is 34.6 Å². The van der Waals surface area contributed by atoms with Gasteiger partial charge in [0.2, 0.25) is 5.60 Å². The minimum absolute atomic E-state index is 0.0866. The van der Waals surface area contributed by atoms with E-state index in [1.54, 1.807) is 0 Å². The molecular formula is C18H25ClO3. The number of carbonyl (C=O) groups excluding carboxylic acids is 1. The molecule has 0 saturated carbocycles. The Kier molecular flexibility index (Phi) is 4.23. The molecule has 1 aromatic carbocycles. The molecule has 1 aliphatic rings. The molecule has 1 aliphatic heterocycles. The van der Waals surface area contributed by atoms with Gasteiger partial charge < -0.3 is 0 Å². The van der Waals surface area contributed by atoms with E-state index >= 15 is 0 Å². The molecule has 122 valence electrons. The number of halogens is 1. The fourth-order valence-electron chi connectivity index (χ4n) is 3.66. The number of carbonyl (C=O) groups is 1. The molecule has 0 spiro atoms. The highest BCUT2D eigenvalue weighted by Crippen LogP contribution is 2.60. The molecule has 2 unspecified atom stereocenters. The average molecular weight is 325 g/mol. The molecule has 1 saturated heterocycles. The summed E-state index contributed by atoms with van der Waals surface area (Å²) in [5.41, 5.74) is -1.61. The molecule has 0 N–H and O–H groups in total. The lowest BCUT2D eigenvalue weighted by atomic mass is 9.59. The van der Waals surface area contributed by atoms with Crippen LogP contribution in [-0.4, -0.2) is 10.8 Å². The second-order valence-corrected chi connectivity index (χ2v) is 8.49. The van der Waals surface area contributed by atoms with Crippen LogP contribution in [0.2, 0.25) is 0 Å². The largest absolute Gasteiger partial charge is 0.277 e. The highest BCUT2D eigenvalue weighted by molar-refractivity contribution is 6.65. The lowest BCUT2D eigenvalue weighted by Gasteiger charge is -2.60. The van der Waals surface area contributed by atoms with E-state index < -0.39 is 16.4 Å². The first-order valence-corrected chi connectivity index (χ1v) is 7.96. The van der Waals surface area contributed by atoms with Crippen molar-refractivity contribution in [3.05, 3.63) is 35.9 Å². The van der Waals surface area contributed by atoms with Crippen LogP contribution >= 0.6 is 11.6 Å². The highest BCUT2D eigenvalue weighted by atomic mass is 35.5. The maximum atomic E-state index is 12.3. The van der Waals surface area contributed by atoms with Crippen molar-refractivity contribution in [1.82, 2.24) is 0 Å². The molecule has 1 aromatic rings. The minimum atomic E-state index is -1.27. The highest BCUT2D eigenvalue weighted by Gasteiger charge is 2.72. The van der Waals surface area contributed by atoms with Crippen LogP contribution < -0.4 is 0 Å². The van der Waals surface area contributed by atoms with Crippen molar-refractivity contribution in [2.24, 2.45) is 10.8 Å². The maximum Gasteiger partial charge on any atom is 0.264 e. The zero-order valence-corrected chi connectivity index (χ0v) is 15.0. The van der Waals surface area contributed by atoms with Gasteiger partial charge in [-0.05, 0) is 35.9 Å². The van der Waals surface area contributed by atoms with Gasteiger partial charge in [0.1, 0.15) is 0 Å². The van der Waals surface area contributed by atoms with E-state index in [1.807, 2.05) is 37.3 Å². The second kappa shape index (κ2) is 5.33. The fraction of sp³-hybridized carbons (Fsp3) is 0.611. The van der Waals surface area contributed by atoms with Crippen molar-refractivity contribution in [3.8, 4) is 0 Å². The van der Waals surface area contributed by atoms with Crippen molar-refractivity contribution >= 4 is 16.8 Å². The summed E-state index contributed by atoms with van der Waals surface area (Å²) in [6.07, 6.45) is 0.860. The number of hydrogen-bond donors (Lipinski definition) is 0. The Morgan fingerprint density at radius 1 is 1.09 bits per heavy atom. The van der Waals surface area contributed by atoms with Gasteiger partial charge in [0.05, 0.1) is 0 Å². The Labute approximate surface area is 137 Å². The Hall–Kier alpha value is -0.900. The van der Waals surface area contributed by atoms with E-state index in [0.717, 1.165) is 12.0 Å². The van der Waals surface area contributed by atoms with Crippen molar-refractivity contribution in [1.29, 1.82) is 0 Å². The zero-order chi connectivity index (χ0) is 16.8.